The summed E-state index contributed by atoms with van der Waals surface area (Å²) in [7, 11) is 0. The number of halogens is 3. The number of carbonyl (C=O) groups excluding carboxylic acids is 1. The van der Waals surface area contributed by atoms with Crippen molar-refractivity contribution in [3.05, 3.63) is 65.2 Å². The Morgan fingerprint density at radius 3 is 2.15 bits per heavy atom. The number of nitriles is 1. The van der Waals surface area contributed by atoms with Crippen LogP contribution in [0.25, 0.3) is 0 Å². The van der Waals surface area contributed by atoms with E-state index < -0.39 is 11.7 Å². The second kappa shape index (κ2) is 7.08. The van der Waals surface area contributed by atoms with Crippen LogP contribution in [0.1, 0.15) is 21.5 Å². The smallest absolute Gasteiger partial charge is 0.367 e. The summed E-state index contributed by atoms with van der Waals surface area (Å²) in [5, 5.41) is 9.20. The monoisotopic (exact) mass is 359 g/mol. The molecule has 0 unspecified atom stereocenters. The van der Waals surface area contributed by atoms with Gasteiger partial charge in [0.1, 0.15) is 6.07 Å². The van der Waals surface area contributed by atoms with Crippen molar-refractivity contribution in [3.63, 3.8) is 0 Å². The largest absolute Gasteiger partial charge is 0.416 e. The van der Waals surface area contributed by atoms with E-state index in [9.17, 15) is 23.2 Å². The highest BCUT2D eigenvalue weighted by Gasteiger charge is 2.30. The SMILES string of the molecule is N#Cc1ccccc1N1CCN(C(=O)c2ccc(C(F)(F)F)cc2)CC1. The van der Waals surface area contributed by atoms with E-state index in [4.69, 9.17) is 0 Å². The topological polar surface area (TPSA) is 47.3 Å². The number of anilines is 1. The summed E-state index contributed by atoms with van der Waals surface area (Å²) in [6.07, 6.45) is -4.42. The van der Waals surface area contributed by atoms with E-state index in [2.05, 4.69) is 6.07 Å². The number of piperazine rings is 1. The molecule has 3 rings (SSSR count). The Kier molecular flexibility index (Phi) is 4.85. The fraction of sp³-hybridized carbons (Fsp3) is 0.263. The lowest BCUT2D eigenvalue weighted by molar-refractivity contribution is -0.137. The molecule has 26 heavy (non-hydrogen) atoms. The zero-order chi connectivity index (χ0) is 18.7. The third-order valence-corrected chi connectivity index (χ3v) is 4.39. The first-order valence-corrected chi connectivity index (χ1v) is 8.11. The van der Waals surface area contributed by atoms with Crippen molar-refractivity contribution in [1.29, 1.82) is 5.26 Å². The number of para-hydroxylation sites is 1. The Balaban J connectivity index is 1.66. The molecule has 1 fully saturated rings. The first kappa shape index (κ1) is 17.8. The second-order valence-corrected chi connectivity index (χ2v) is 5.98. The lowest BCUT2D eigenvalue weighted by Gasteiger charge is -2.36. The Labute approximate surface area is 149 Å². The van der Waals surface area contributed by atoms with Crippen molar-refractivity contribution < 1.29 is 18.0 Å². The normalized spacial score (nSPS) is 14.8. The minimum Gasteiger partial charge on any atom is -0.367 e. The molecule has 1 aliphatic heterocycles. The summed E-state index contributed by atoms with van der Waals surface area (Å²) >= 11 is 0. The second-order valence-electron chi connectivity index (χ2n) is 5.98. The van der Waals surface area contributed by atoms with Gasteiger partial charge in [-0.1, -0.05) is 12.1 Å². The van der Waals surface area contributed by atoms with Crippen LogP contribution in [0, 0.1) is 11.3 Å². The number of benzene rings is 2. The molecule has 7 heteroatoms. The minimum absolute atomic E-state index is 0.240. The lowest BCUT2D eigenvalue weighted by atomic mass is 10.1. The van der Waals surface area contributed by atoms with Crippen molar-refractivity contribution in [2.24, 2.45) is 0 Å². The molecule has 0 bridgehead atoms. The predicted octanol–water partition coefficient (Wildman–Crippen LogP) is 3.54. The van der Waals surface area contributed by atoms with Gasteiger partial charge in [-0.3, -0.25) is 4.79 Å². The van der Waals surface area contributed by atoms with Crippen molar-refractivity contribution in [2.75, 3.05) is 31.1 Å². The molecule has 0 aliphatic carbocycles. The highest BCUT2D eigenvalue weighted by Crippen LogP contribution is 2.29. The third kappa shape index (κ3) is 3.64. The van der Waals surface area contributed by atoms with Gasteiger partial charge in [0.05, 0.1) is 16.8 Å². The van der Waals surface area contributed by atoms with E-state index in [0.717, 1.165) is 17.8 Å². The van der Waals surface area contributed by atoms with Gasteiger partial charge < -0.3 is 9.80 Å². The third-order valence-electron chi connectivity index (χ3n) is 4.39. The molecule has 1 heterocycles. The van der Waals surface area contributed by atoms with Crippen LogP contribution in [-0.4, -0.2) is 37.0 Å². The molecule has 0 N–H and O–H groups in total. The maximum absolute atomic E-state index is 12.6. The number of hydrogen-bond donors (Lipinski definition) is 0. The van der Waals surface area contributed by atoms with E-state index in [0.29, 0.717) is 31.7 Å². The fourth-order valence-corrected chi connectivity index (χ4v) is 2.98. The molecule has 0 atom stereocenters. The molecule has 134 valence electrons. The summed E-state index contributed by atoms with van der Waals surface area (Å²) < 4.78 is 37.9. The number of rotatable bonds is 2. The van der Waals surface area contributed by atoms with Crippen molar-refractivity contribution >= 4 is 11.6 Å². The summed E-state index contributed by atoms with van der Waals surface area (Å²) in [5.41, 5.74) is 0.877. The average molecular weight is 359 g/mol. The van der Waals surface area contributed by atoms with Gasteiger partial charge in [0, 0.05) is 31.7 Å². The van der Waals surface area contributed by atoms with E-state index in [-0.39, 0.29) is 11.5 Å². The zero-order valence-electron chi connectivity index (χ0n) is 13.8. The molecule has 1 aliphatic rings. The van der Waals surface area contributed by atoms with Gasteiger partial charge >= 0.3 is 6.18 Å². The van der Waals surface area contributed by atoms with Gasteiger partial charge in [0.2, 0.25) is 0 Å². The Morgan fingerprint density at radius 2 is 1.58 bits per heavy atom. The molecule has 2 aromatic carbocycles. The van der Waals surface area contributed by atoms with Crippen LogP contribution in [0.4, 0.5) is 18.9 Å². The van der Waals surface area contributed by atoms with Crippen LogP contribution in [0.3, 0.4) is 0 Å². The first-order valence-electron chi connectivity index (χ1n) is 8.11. The van der Waals surface area contributed by atoms with Crippen LogP contribution in [0.2, 0.25) is 0 Å². The maximum atomic E-state index is 12.6. The highest BCUT2D eigenvalue weighted by atomic mass is 19.4. The lowest BCUT2D eigenvalue weighted by Crippen LogP contribution is -2.49. The minimum atomic E-state index is -4.42. The molecule has 1 amide bonds. The van der Waals surface area contributed by atoms with E-state index >= 15 is 0 Å². The molecule has 0 aromatic heterocycles. The Morgan fingerprint density at radius 1 is 0.962 bits per heavy atom. The zero-order valence-corrected chi connectivity index (χ0v) is 13.8. The van der Waals surface area contributed by atoms with Gasteiger partial charge in [-0.2, -0.15) is 18.4 Å². The molecule has 4 nitrogen and oxygen atoms in total. The molecular weight excluding hydrogens is 343 g/mol. The van der Waals surface area contributed by atoms with Crippen LogP contribution < -0.4 is 4.90 Å². The number of alkyl halides is 3. The van der Waals surface area contributed by atoms with Gasteiger partial charge in [0.15, 0.2) is 0 Å². The first-order chi connectivity index (χ1) is 12.4. The van der Waals surface area contributed by atoms with E-state index in [1.807, 2.05) is 17.0 Å². The van der Waals surface area contributed by atoms with Crippen LogP contribution in [-0.2, 0) is 6.18 Å². The van der Waals surface area contributed by atoms with Gasteiger partial charge in [-0.25, -0.2) is 0 Å². The van der Waals surface area contributed by atoms with Gasteiger partial charge in [-0.05, 0) is 36.4 Å². The summed E-state index contributed by atoms with van der Waals surface area (Å²) in [6.45, 7) is 2.01. The summed E-state index contributed by atoms with van der Waals surface area (Å²) in [6, 6.07) is 13.7. The van der Waals surface area contributed by atoms with Crippen LogP contribution >= 0.6 is 0 Å². The Hall–Kier alpha value is -3.01. The number of amides is 1. The van der Waals surface area contributed by atoms with Gasteiger partial charge in [0.25, 0.3) is 5.91 Å². The highest BCUT2D eigenvalue weighted by molar-refractivity contribution is 5.94. The van der Waals surface area contributed by atoms with E-state index in [1.54, 1.807) is 17.0 Å². The quantitative estimate of drug-likeness (QED) is 0.824. The van der Waals surface area contributed by atoms with Crippen molar-refractivity contribution in [1.82, 2.24) is 4.90 Å². The number of hydrogen-bond acceptors (Lipinski definition) is 3. The predicted molar refractivity (Wildman–Crippen MR) is 90.7 cm³/mol. The van der Waals surface area contributed by atoms with Crippen LogP contribution in [0.15, 0.2) is 48.5 Å². The van der Waals surface area contributed by atoms with Crippen LogP contribution in [0.5, 0.6) is 0 Å². The van der Waals surface area contributed by atoms with E-state index in [1.165, 1.54) is 12.1 Å². The molecule has 0 spiro atoms. The Bertz CT molecular complexity index is 832. The van der Waals surface area contributed by atoms with Gasteiger partial charge in [-0.15, -0.1) is 0 Å². The number of nitrogens with zero attached hydrogens (tertiary/aromatic N) is 3. The molecule has 1 saturated heterocycles. The average Bonchev–Trinajstić information content (AvgIpc) is 2.67. The standard InChI is InChI=1S/C19H16F3N3O/c20-19(21,22)16-7-5-14(6-8-16)18(26)25-11-9-24(10-12-25)17-4-2-1-3-15(17)13-23/h1-8H,9-12H2. The molecule has 0 saturated carbocycles. The molecule has 0 radical (unpaired) electrons. The molecule has 2 aromatic rings. The summed E-state index contributed by atoms with van der Waals surface area (Å²) in [4.78, 5) is 16.2. The van der Waals surface area contributed by atoms with Crippen molar-refractivity contribution in [3.8, 4) is 6.07 Å². The fourth-order valence-electron chi connectivity index (χ4n) is 2.98. The maximum Gasteiger partial charge on any atom is 0.416 e. The molecular formula is C19H16F3N3O. The summed E-state index contributed by atoms with van der Waals surface area (Å²) in [5.74, 6) is -0.285. The number of carbonyl (C=O) groups is 1. The van der Waals surface area contributed by atoms with Crippen molar-refractivity contribution in [2.45, 2.75) is 6.18 Å².